The van der Waals surface area contributed by atoms with Crippen molar-refractivity contribution in [2.45, 2.75) is 32.6 Å². The number of aliphatic hydroxyl groups is 1. The minimum Gasteiger partial charge on any atom is -0.396 e. The van der Waals surface area contributed by atoms with Crippen molar-refractivity contribution in [3.05, 3.63) is 0 Å². The molecule has 0 unspecified atom stereocenters. The normalized spacial score (nSPS) is 8.77. The molecule has 0 heterocycles. The van der Waals surface area contributed by atoms with E-state index >= 15 is 0 Å². The highest BCUT2D eigenvalue weighted by Crippen LogP contribution is 1.93. The Bertz CT molecular complexity index is 191. The minimum atomic E-state index is 0.0475. The zero-order valence-electron chi connectivity index (χ0n) is 8.10. The Labute approximate surface area is 79.5 Å². The fourth-order valence-corrected chi connectivity index (χ4v) is 0.875. The number of amides is 1. The van der Waals surface area contributed by atoms with Crippen molar-refractivity contribution in [3.63, 3.8) is 0 Å². The summed E-state index contributed by atoms with van der Waals surface area (Å²) in [6, 6.07) is 0. The van der Waals surface area contributed by atoms with Crippen LogP contribution < -0.4 is 5.32 Å². The number of hydrogen-bond acceptors (Lipinski definition) is 2. The van der Waals surface area contributed by atoms with Gasteiger partial charge in [0.2, 0.25) is 5.91 Å². The quantitative estimate of drug-likeness (QED) is 0.470. The third kappa shape index (κ3) is 8.90. The Kier molecular flexibility index (Phi) is 8.38. The summed E-state index contributed by atoms with van der Waals surface area (Å²) >= 11 is 0. The van der Waals surface area contributed by atoms with Crippen molar-refractivity contribution in [1.29, 1.82) is 0 Å². The zero-order valence-corrected chi connectivity index (χ0v) is 8.10. The van der Waals surface area contributed by atoms with Gasteiger partial charge in [-0.3, -0.25) is 4.79 Å². The van der Waals surface area contributed by atoms with Gasteiger partial charge in [-0.15, -0.1) is 11.8 Å². The van der Waals surface area contributed by atoms with Crippen LogP contribution in [0, 0.1) is 11.8 Å². The van der Waals surface area contributed by atoms with Crippen molar-refractivity contribution < 1.29 is 9.90 Å². The van der Waals surface area contributed by atoms with E-state index in [0.717, 1.165) is 6.42 Å². The van der Waals surface area contributed by atoms with Crippen LogP contribution in [0.1, 0.15) is 32.6 Å². The van der Waals surface area contributed by atoms with Crippen molar-refractivity contribution in [2.75, 3.05) is 13.2 Å². The first-order valence-corrected chi connectivity index (χ1v) is 4.58. The molecule has 0 bridgehead atoms. The molecular formula is C10H17NO2. The first kappa shape index (κ1) is 12.0. The van der Waals surface area contributed by atoms with Gasteiger partial charge in [0.25, 0.3) is 0 Å². The summed E-state index contributed by atoms with van der Waals surface area (Å²) in [5.41, 5.74) is 0. The lowest BCUT2D eigenvalue weighted by molar-refractivity contribution is -0.121. The predicted molar refractivity (Wildman–Crippen MR) is 52.0 cm³/mol. The fraction of sp³-hybridized carbons (Fsp3) is 0.700. The van der Waals surface area contributed by atoms with Gasteiger partial charge in [-0.2, -0.15) is 0 Å². The molecule has 1 amide bonds. The van der Waals surface area contributed by atoms with E-state index < -0.39 is 0 Å². The lowest BCUT2D eigenvalue weighted by Gasteiger charge is -2.01. The molecule has 0 aromatic rings. The van der Waals surface area contributed by atoms with E-state index in [0.29, 0.717) is 25.8 Å². The van der Waals surface area contributed by atoms with Crippen LogP contribution in [0.15, 0.2) is 0 Å². The van der Waals surface area contributed by atoms with Gasteiger partial charge in [-0.1, -0.05) is 0 Å². The fourth-order valence-electron chi connectivity index (χ4n) is 0.875. The van der Waals surface area contributed by atoms with Crippen LogP contribution in [0.4, 0.5) is 0 Å². The number of carbonyl (C=O) groups is 1. The minimum absolute atomic E-state index is 0.0475. The van der Waals surface area contributed by atoms with Crippen LogP contribution in [0.25, 0.3) is 0 Å². The average molecular weight is 183 g/mol. The van der Waals surface area contributed by atoms with Gasteiger partial charge in [-0.25, -0.2) is 0 Å². The SMILES string of the molecule is CC#CCCNC(=O)CCCCO. The molecule has 3 heteroatoms. The molecule has 3 nitrogen and oxygen atoms in total. The molecule has 0 fully saturated rings. The Morgan fingerprint density at radius 2 is 2.23 bits per heavy atom. The van der Waals surface area contributed by atoms with Crippen molar-refractivity contribution >= 4 is 5.91 Å². The smallest absolute Gasteiger partial charge is 0.220 e. The average Bonchev–Trinajstić information content (AvgIpc) is 2.13. The highest BCUT2D eigenvalue weighted by molar-refractivity contribution is 5.75. The zero-order chi connectivity index (χ0) is 9.94. The van der Waals surface area contributed by atoms with E-state index in [1.54, 1.807) is 6.92 Å². The first-order valence-electron chi connectivity index (χ1n) is 4.58. The number of nitrogens with one attached hydrogen (secondary N) is 1. The maximum absolute atomic E-state index is 11.0. The summed E-state index contributed by atoms with van der Waals surface area (Å²) in [6.07, 6.45) is 2.66. The van der Waals surface area contributed by atoms with Crippen LogP contribution in [0.3, 0.4) is 0 Å². The molecule has 0 aromatic heterocycles. The maximum Gasteiger partial charge on any atom is 0.220 e. The Morgan fingerprint density at radius 1 is 1.46 bits per heavy atom. The monoisotopic (exact) mass is 183 g/mol. The van der Waals surface area contributed by atoms with E-state index in [2.05, 4.69) is 17.2 Å². The van der Waals surface area contributed by atoms with Gasteiger partial charge < -0.3 is 10.4 Å². The van der Waals surface area contributed by atoms with Crippen molar-refractivity contribution in [2.24, 2.45) is 0 Å². The van der Waals surface area contributed by atoms with E-state index in [4.69, 9.17) is 5.11 Å². The lowest BCUT2D eigenvalue weighted by Crippen LogP contribution is -2.23. The Balaban J connectivity index is 3.23. The Morgan fingerprint density at radius 3 is 2.85 bits per heavy atom. The molecule has 0 aromatic carbocycles. The van der Waals surface area contributed by atoms with Gasteiger partial charge >= 0.3 is 0 Å². The number of rotatable bonds is 6. The summed E-state index contributed by atoms with van der Waals surface area (Å²) in [6.45, 7) is 2.57. The third-order valence-electron chi connectivity index (χ3n) is 1.56. The highest BCUT2D eigenvalue weighted by Gasteiger charge is 1.98. The van der Waals surface area contributed by atoms with Gasteiger partial charge in [0.05, 0.1) is 0 Å². The van der Waals surface area contributed by atoms with E-state index in [1.807, 2.05) is 0 Å². The summed E-state index contributed by atoms with van der Waals surface area (Å²) in [7, 11) is 0. The van der Waals surface area contributed by atoms with Gasteiger partial charge in [-0.05, 0) is 19.8 Å². The largest absolute Gasteiger partial charge is 0.396 e. The van der Waals surface area contributed by atoms with Crippen LogP contribution >= 0.6 is 0 Å². The summed E-state index contributed by atoms with van der Waals surface area (Å²) in [5, 5.41) is 11.2. The highest BCUT2D eigenvalue weighted by atomic mass is 16.2. The predicted octanol–water partition coefficient (Wildman–Crippen LogP) is 0.679. The molecule has 0 aliphatic rings. The number of unbranched alkanes of at least 4 members (excludes halogenated alkanes) is 1. The molecule has 2 N–H and O–H groups in total. The van der Waals surface area contributed by atoms with E-state index in [1.165, 1.54) is 0 Å². The molecular weight excluding hydrogens is 166 g/mol. The Hall–Kier alpha value is -1.01. The van der Waals surface area contributed by atoms with Gasteiger partial charge in [0.1, 0.15) is 0 Å². The van der Waals surface area contributed by atoms with Gasteiger partial charge in [0.15, 0.2) is 0 Å². The van der Waals surface area contributed by atoms with Crippen LogP contribution in [0.5, 0.6) is 0 Å². The summed E-state index contributed by atoms with van der Waals surface area (Å²) in [5.74, 6) is 5.67. The molecule has 74 valence electrons. The second-order valence-electron chi connectivity index (χ2n) is 2.71. The second kappa shape index (κ2) is 9.08. The second-order valence-corrected chi connectivity index (χ2v) is 2.71. The standard InChI is InChI=1S/C10H17NO2/c1-2-3-5-8-11-10(13)7-4-6-9-12/h12H,4-9H2,1H3,(H,11,13). The number of carbonyl (C=O) groups excluding carboxylic acids is 1. The number of hydrogen-bond donors (Lipinski definition) is 2. The van der Waals surface area contributed by atoms with Gasteiger partial charge in [0, 0.05) is 26.0 Å². The molecule has 0 aliphatic heterocycles. The lowest BCUT2D eigenvalue weighted by atomic mass is 10.2. The van der Waals surface area contributed by atoms with Crippen LogP contribution in [-0.2, 0) is 4.79 Å². The molecule has 0 spiro atoms. The molecule has 0 rings (SSSR count). The van der Waals surface area contributed by atoms with E-state index in [-0.39, 0.29) is 12.5 Å². The molecule has 0 aliphatic carbocycles. The summed E-state index contributed by atoms with van der Waals surface area (Å²) in [4.78, 5) is 11.0. The first-order chi connectivity index (χ1) is 6.31. The van der Waals surface area contributed by atoms with E-state index in [9.17, 15) is 4.79 Å². The topological polar surface area (TPSA) is 49.3 Å². The molecule has 0 saturated heterocycles. The third-order valence-corrected chi connectivity index (χ3v) is 1.56. The van der Waals surface area contributed by atoms with Crippen molar-refractivity contribution in [1.82, 2.24) is 5.32 Å². The molecule has 0 radical (unpaired) electrons. The number of aliphatic hydroxyl groups excluding tert-OH is 1. The van der Waals surface area contributed by atoms with Crippen molar-refractivity contribution in [3.8, 4) is 11.8 Å². The molecule has 0 atom stereocenters. The van der Waals surface area contributed by atoms with Crippen LogP contribution in [-0.4, -0.2) is 24.2 Å². The maximum atomic E-state index is 11.0. The molecule has 13 heavy (non-hydrogen) atoms. The summed E-state index contributed by atoms with van der Waals surface area (Å²) < 4.78 is 0. The molecule has 0 saturated carbocycles. The van der Waals surface area contributed by atoms with Crippen LogP contribution in [0.2, 0.25) is 0 Å².